The Kier molecular flexibility index (Phi) is 4.98. The van der Waals surface area contributed by atoms with E-state index in [9.17, 15) is 0 Å². The van der Waals surface area contributed by atoms with Crippen LogP contribution in [0.25, 0.3) is 11.5 Å². The van der Waals surface area contributed by atoms with Crippen molar-refractivity contribution in [3.63, 3.8) is 0 Å². The van der Waals surface area contributed by atoms with Gasteiger partial charge in [0, 0.05) is 11.1 Å². The number of hydrogen-bond acceptors (Lipinski definition) is 4. The van der Waals surface area contributed by atoms with Gasteiger partial charge in [0.25, 0.3) is 0 Å². The maximum absolute atomic E-state index is 6.24. The van der Waals surface area contributed by atoms with Crippen LogP contribution in [-0.2, 0) is 6.54 Å². The maximum Gasteiger partial charge on any atom is 0.249 e. The Labute approximate surface area is 162 Å². The smallest absolute Gasteiger partial charge is 0.249 e. The van der Waals surface area contributed by atoms with E-state index in [-0.39, 0.29) is 0 Å². The fraction of sp³-hybridized carbons (Fsp3) is 0.300. The van der Waals surface area contributed by atoms with Crippen LogP contribution in [0.3, 0.4) is 0 Å². The number of aromatic nitrogens is 2. The summed E-state index contributed by atoms with van der Waals surface area (Å²) in [5.74, 6) is 1.03. The van der Waals surface area contributed by atoms with Gasteiger partial charge in [-0.3, -0.25) is 4.90 Å². The molecule has 4 rings (SSSR count). The van der Waals surface area contributed by atoms with E-state index in [1.807, 2.05) is 0 Å². The van der Waals surface area contributed by atoms with Crippen LogP contribution in [-0.4, -0.2) is 21.6 Å². The third kappa shape index (κ3) is 3.50. The average Bonchev–Trinajstić information content (AvgIpc) is 3.25. The van der Waals surface area contributed by atoms with Crippen LogP contribution in [0.1, 0.15) is 35.9 Å². The minimum absolute atomic E-state index is 0.394. The first-order chi connectivity index (χ1) is 12.6. The van der Waals surface area contributed by atoms with Crippen LogP contribution < -0.4 is 0 Å². The lowest BCUT2D eigenvalue weighted by Crippen LogP contribution is -2.23. The van der Waals surface area contributed by atoms with Gasteiger partial charge in [0.15, 0.2) is 0 Å². The van der Waals surface area contributed by atoms with Gasteiger partial charge in [-0.25, -0.2) is 0 Å². The van der Waals surface area contributed by atoms with Crippen LogP contribution >= 0.6 is 23.2 Å². The number of nitrogens with zero attached hydrogens (tertiary/aromatic N) is 3. The first-order valence-electron chi connectivity index (χ1n) is 8.69. The lowest BCUT2D eigenvalue weighted by atomic mass is 9.99. The Bertz CT molecular complexity index is 925. The second kappa shape index (κ2) is 7.39. The molecule has 2 heterocycles. The van der Waals surface area contributed by atoms with Crippen LogP contribution in [0.4, 0.5) is 0 Å². The zero-order valence-electron chi connectivity index (χ0n) is 14.5. The fourth-order valence-electron chi connectivity index (χ4n) is 3.59. The zero-order chi connectivity index (χ0) is 18.1. The molecule has 1 saturated heterocycles. The van der Waals surface area contributed by atoms with Gasteiger partial charge >= 0.3 is 0 Å². The van der Waals surface area contributed by atoms with Gasteiger partial charge in [-0.05, 0) is 55.6 Å². The van der Waals surface area contributed by atoms with E-state index in [4.69, 9.17) is 27.6 Å². The van der Waals surface area contributed by atoms with Crippen molar-refractivity contribution >= 4 is 23.2 Å². The van der Waals surface area contributed by atoms with Gasteiger partial charge in [-0.15, -0.1) is 10.2 Å². The van der Waals surface area contributed by atoms with E-state index in [0.29, 0.717) is 40.0 Å². The Hall–Kier alpha value is -1.88. The quantitative estimate of drug-likeness (QED) is 0.576. The molecule has 134 valence electrons. The molecule has 0 spiro atoms. The molecule has 0 radical (unpaired) electrons. The minimum Gasteiger partial charge on any atom is -0.419 e. The van der Waals surface area contributed by atoms with Crippen LogP contribution in [0.5, 0.6) is 0 Å². The number of halogens is 2. The Morgan fingerprint density at radius 1 is 1.15 bits per heavy atom. The number of aryl methyl sites for hydroxylation is 1. The number of likely N-dealkylation sites (tertiary alicyclic amines) is 1. The van der Waals surface area contributed by atoms with Gasteiger partial charge in [0.05, 0.1) is 17.1 Å². The minimum atomic E-state index is 0.394. The average molecular weight is 388 g/mol. The molecule has 1 aliphatic heterocycles. The molecule has 1 fully saturated rings. The molecule has 1 atom stereocenters. The summed E-state index contributed by atoms with van der Waals surface area (Å²) >= 11 is 12.2. The van der Waals surface area contributed by atoms with E-state index in [2.05, 4.69) is 46.3 Å². The predicted octanol–water partition coefficient (Wildman–Crippen LogP) is 5.69. The molecular weight excluding hydrogens is 369 g/mol. The summed E-state index contributed by atoms with van der Waals surface area (Å²) in [5.41, 5.74) is 3.40. The lowest BCUT2D eigenvalue weighted by molar-refractivity contribution is 0.223. The Balaban J connectivity index is 1.54. The van der Waals surface area contributed by atoms with Gasteiger partial charge in [-0.2, -0.15) is 0 Å². The number of benzene rings is 2. The van der Waals surface area contributed by atoms with Gasteiger partial charge in [0.2, 0.25) is 11.8 Å². The van der Waals surface area contributed by atoms with Crippen LogP contribution in [0.2, 0.25) is 10.0 Å². The Morgan fingerprint density at radius 3 is 2.81 bits per heavy atom. The molecular formula is C20H19Cl2N3O. The topological polar surface area (TPSA) is 42.2 Å². The van der Waals surface area contributed by atoms with Crippen molar-refractivity contribution in [3.05, 3.63) is 69.5 Å². The monoisotopic (exact) mass is 387 g/mol. The molecule has 3 aromatic rings. The van der Waals surface area contributed by atoms with Gasteiger partial charge < -0.3 is 4.42 Å². The third-order valence-electron chi connectivity index (χ3n) is 4.88. The summed E-state index contributed by atoms with van der Waals surface area (Å²) in [6.45, 7) is 3.83. The van der Waals surface area contributed by atoms with E-state index in [1.165, 1.54) is 17.5 Å². The maximum atomic E-state index is 6.24. The summed E-state index contributed by atoms with van der Waals surface area (Å²) in [4.78, 5) is 2.41. The lowest BCUT2D eigenvalue weighted by Gasteiger charge is -2.24. The van der Waals surface area contributed by atoms with Gasteiger partial charge in [-0.1, -0.05) is 47.5 Å². The van der Waals surface area contributed by atoms with Crippen molar-refractivity contribution in [1.82, 2.24) is 15.1 Å². The van der Waals surface area contributed by atoms with Crippen LogP contribution in [0.15, 0.2) is 46.9 Å². The summed E-state index contributed by atoms with van der Waals surface area (Å²) in [6, 6.07) is 14.2. The van der Waals surface area contributed by atoms with Gasteiger partial charge in [0.1, 0.15) is 0 Å². The fourth-order valence-corrected chi connectivity index (χ4v) is 4.08. The molecule has 6 heteroatoms. The molecule has 1 aliphatic rings. The SMILES string of the molecule is Cc1ccccc1C1CCCN1Cc1nnc(-c2ccc(Cl)cc2Cl)o1. The molecule has 2 aromatic carbocycles. The first kappa shape index (κ1) is 17.5. The van der Waals surface area contributed by atoms with E-state index < -0.39 is 0 Å². The molecule has 0 aliphatic carbocycles. The molecule has 0 saturated carbocycles. The van der Waals surface area contributed by atoms with Crippen molar-refractivity contribution in [2.45, 2.75) is 32.4 Å². The largest absolute Gasteiger partial charge is 0.419 e. The molecule has 4 nitrogen and oxygen atoms in total. The summed E-state index contributed by atoms with van der Waals surface area (Å²) in [5, 5.41) is 9.47. The highest BCUT2D eigenvalue weighted by Crippen LogP contribution is 2.35. The van der Waals surface area contributed by atoms with E-state index in [0.717, 1.165) is 13.0 Å². The molecule has 1 unspecified atom stereocenters. The number of rotatable bonds is 4. The summed E-state index contributed by atoms with van der Waals surface area (Å²) < 4.78 is 5.88. The molecule has 0 amide bonds. The molecule has 0 bridgehead atoms. The highest BCUT2D eigenvalue weighted by molar-refractivity contribution is 6.36. The molecule has 26 heavy (non-hydrogen) atoms. The molecule has 0 N–H and O–H groups in total. The summed E-state index contributed by atoms with van der Waals surface area (Å²) in [7, 11) is 0. The second-order valence-corrected chi connectivity index (χ2v) is 7.45. The standard InChI is InChI=1S/C20H19Cl2N3O/c1-13-5-2-3-6-15(13)18-7-4-10-25(18)12-19-23-24-20(26-19)16-9-8-14(21)11-17(16)22/h2-3,5-6,8-9,11,18H,4,7,10,12H2,1H3. The van der Waals surface area contributed by atoms with Crippen molar-refractivity contribution < 1.29 is 4.42 Å². The normalized spacial score (nSPS) is 17.7. The van der Waals surface area contributed by atoms with E-state index >= 15 is 0 Å². The third-order valence-corrected chi connectivity index (χ3v) is 5.43. The highest BCUT2D eigenvalue weighted by Gasteiger charge is 2.28. The van der Waals surface area contributed by atoms with Crippen molar-refractivity contribution in [1.29, 1.82) is 0 Å². The number of hydrogen-bond donors (Lipinski definition) is 0. The predicted molar refractivity (Wildman–Crippen MR) is 103 cm³/mol. The summed E-state index contributed by atoms with van der Waals surface area (Å²) in [6.07, 6.45) is 2.32. The molecule has 1 aromatic heterocycles. The van der Waals surface area contributed by atoms with E-state index in [1.54, 1.807) is 18.2 Å². The van der Waals surface area contributed by atoms with Crippen molar-refractivity contribution in [3.8, 4) is 11.5 Å². The van der Waals surface area contributed by atoms with Crippen molar-refractivity contribution in [2.24, 2.45) is 0 Å². The first-order valence-corrected chi connectivity index (χ1v) is 9.45. The zero-order valence-corrected chi connectivity index (χ0v) is 16.0. The second-order valence-electron chi connectivity index (χ2n) is 6.61. The Morgan fingerprint density at radius 2 is 2.00 bits per heavy atom. The van der Waals surface area contributed by atoms with Crippen molar-refractivity contribution in [2.75, 3.05) is 6.54 Å². The highest BCUT2D eigenvalue weighted by atomic mass is 35.5. The van der Waals surface area contributed by atoms with Crippen LogP contribution in [0, 0.1) is 6.92 Å².